The minimum absolute atomic E-state index is 0.254. The van der Waals surface area contributed by atoms with E-state index >= 15 is 0 Å². The van der Waals surface area contributed by atoms with Crippen LogP contribution in [0.4, 0.5) is 0 Å². The lowest BCUT2D eigenvalue weighted by molar-refractivity contribution is 0.377. The summed E-state index contributed by atoms with van der Waals surface area (Å²) in [4.78, 5) is 11.2. The predicted molar refractivity (Wildman–Crippen MR) is 73.4 cm³/mol. The fourth-order valence-electron chi connectivity index (χ4n) is 1.26. The van der Waals surface area contributed by atoms with Crippen molar-refractivity contribution in [3.63, 3.8) is 0 Å². The largest absolute Gasteiger partial charge is 0.335 e. The quantitative estimate of drug-likeness (QED) is 0.409. The Morgan fingerprint density at radius 3 is 2.12 bits per heavy atom. The Balaban J connectivity index is 5.12. The highest BCUT2D eigenvalue weighted by molar-refractivity contribution is 5.95. The van der Waals surface area contributed by atoms with Gasteiger partial charge in [0.1, 0.15) is 0 Å². The van der Waals surface area contributed by atoms with Crippen LogP contribution < -0.4 is 0 Å². The van der Waals surface area contributed by atoms with E-state index in [1.807, 2.05) is 19.9 Å². The van der Waals surface area contributed by atoms with Gasteiger partial charge in [-0.3, -0.25) is 0 Å². The molecule has 0 spiro atoms. The monoisotopic (exact) mass is 223 g/mol. The molecule has 0 N–H and O–H groups in total. The molecule has 0 aromatic heterocycles. The van der Waals surface area contributed by atoms with Crippen LogP contribution in [0.15, 0.2) is 22.6 Å². The molecule has 0 atom stereocenters. The molecule has 0 aromatic carbocycles. The molecule has 0 heterocycles. The maximum atomic E-state index is 4.56. The number of rotatable bonds is 4. The van der Waals surface area contributed by atoms with Crippen LogP contribution in [-0.4, -0.2) is 35.2 Å². The molecule has 0 unspecified atom stereocenters. The molecule has 0 aliphatic heterocycles. The summed E-state index contributed by atoms with van der Waals surface area (Å²) in [6.45, 7) is 16.9. The van der Waals surface area contributed by atoms with E-state index in [4.69, 9.17) is 0 Å². The second-order valence-corrected chi connectivity index (χ2v) is 4.62. The third-order valence-corrected chi connectivity index (χ3v) is 1.90. The number of guanidine groups is 1. The molecule has 0 saturated carbocycles. The van der Waals surface area contributed by atoms with Crippen molar-refractivity contribution in [2.24, 2.45) is 9.98 Å². The van der Waals surface area contributed by atoms with Gasteiger partial charge in [0.2, 0.25) is 5.96 Å². The minimum Gasteiger partial charge on any atom is -0.335 e. The van der Waals surface area contributed by atoms with Crippen LogP contribution in [0, 0.1) is 0 Å². The zero-order chi connectivity index (χ0) is 12.7. The number of hydrogen-bond donors (Lipinski definition) is 0. The van der Waals surface area contributed by atoms with E-state index < -0.39 is 0 Å². The van der Waals surface area contributed by atoms with Crippen LogP contribution in [-0.2, 0) is 0 Å². The molecular formula is C13H25N3. The van der Waals surface area contributed by atoms with E-state index in [0.29, 0.717) is 6.04 Å². The molecule has 16 heavy (non-hydrogen) atoms. The van der Waals surface area contributed by atoms with Crippen LogP contribution in [0.2, 0.25) is 0 Å². The van der Waals surface area contributed by atoms with Gasteiger partial charge in [0.15, 0.2) is 0 Å². The van der Waals surface area contributed by atoms with Crippen LogP contribution in [0.3, 0.4) is 0 Å². The standard InChI is InChI=1S/C13H25N3/c1-8-9-16(12(6)7)13(14-10(2)3)15-11(4)5/h8,10,12H,1,9H2,2-7H3. The van der Waals surface area contributed by atoms with Crippen molar-refractivity contribution in [3.05, 3.63) is 12.7 Å². The predicted octanol–water partition coefficient (Wildman–Crippen LogP) is 3.13. The Morgan fingerprint density at radius 1 is 1.25 bits per heavy atom. The van der Waals surface area contributed by atoms with Crippen LogP contribution in [0.1, 0.15) is 41.5 Å². The fourth-order valence-corrected chi connectivity index (χ4v) is 1.26. The average molecular weight is 223 g/mol. The van der Waals surface area contributed by atoms with Gasteiger partial charge < -0.3 is 4.90 Å². The molecule has 0 radical (unpaired) electrons. The SMILES string of the molecule is C=CCN(C(N=C(C)C)=NC(C)C)C(C)C. The van der Waals surface area contributed by atoms with Gasteiger partial charge in [-0.05, 0) is 41.5 Å². The van der Waals surface area contributed by atoms with Crippen LogP contribution in [0.25, 0.3) is 0 Å². The Kier molecular flexibility index (Phi) is 6.70. The van der Waals surface area contributed by atoms with Crippen LogP contribution >= 0.6 is 0 Å². The fraction of sp³-hybridized carbons (Fsp3) is 0.692. The van der Waals surface area contributed by atoms with Gasteiger partial charge in [-0.25, -0.2) is 9.98 Å². The van der Waals surface area contributed by atoms with Gasteiger partial charge in [-0.1, -0.05) is 6.08 Å². The summed E-state index contributed by atoms with van der Waals surface area (Å²) >= 11 is 0. The Bertz CT molecular complexity index is 271. The summed E-state index contributed by atoms with van der Waals surface area (Å²) in [5.41, 5.74) is 1.02. The van der Waals surface area contributed by atoms with Gasteiger partial charge in [-0.2, -0.15) is 0 Å². The van der Waals surface area contributed by atoms with Crippen molar-refractivity contribution in [3.8, 4) is 0 Å². The molecule has 0 saturated heterocycles. The maximum Gasteiger partial charge on any atom is 0.221 e. The summed E-state index contributed by atoms with van der Waals surface area (Å²) in [6.07, 6.45) is 1.89. The smallest absolute Gasteiger partial charge is 0.221 e. The minimum atomic E-state index is 0.254. The lowest BCUT2D eigenvalue weighted by Gasteiger charge is -2.27. The van der Waals surface area contributed by atoms with Crippen molar-refractivity contribution in [1.82, 2.24) is 4.90 Å². The van der Waals surface area contributed by atoms with Gasteiger partial charge in [0.25, 0.3) is 0 Å². The molecule has 0 rings (SSSR count). The second kappa shape index (κ2) is 7.20. The number of nitrogens with zero attached hydrogens (tertiary/aromatic N) is 3. The van der Waals surface area contributed by atoms with E-state index in [9.17, 15) is 0 Å². The van der Waals surface area contributed by atoms with E-state index in [2.05, 4.69) is 49.2 Å². The van der Waals surface area contributed by atoms with Crippen LogP contribution in [0.5, 0.6) is 0 Å². The van der Waals surface area contributed by atoms with Crippen molar-refractivity contribution in [2.75, 3.05) is 6.54 Å². The normalized spacial score (nSPS) is 11.9. The molecular weight excluding hydrogens is 198 g/mol. The Labute approximate surface area is 100.0 Å². The average Bonchev–Trinajstić information content (AvgIpc) is 2.10. The lowest BCUT2D eigenvalue weighted by atomic mass is 10.3. The van der Waals surface area contributed by atoms with Gasteiger partial charge in [0.05, 0.1) is 0 Å². The number of hydrogen-bond acceptors (Lipinski definition) is 1. The summed E-state index contributed by atoms with van der Waals surface area (Å²) < 4.78 is 0. The zero-order valence-electron chi connectivity index (χ0n) is 11.5. The molecule has 92 valence electrons. The Hall–Kier alpha value is -1.12. The summed E-state index contributed by atoms with van der Waals surface area (Å²) in [6, 6.07) is 0.628. The zero-order valence-corrected chi connectivity index (χ0v) is 11.5. The van der Waals surface area contributed by atoms with Gasteiger partial charge >= 0.3 is 0 Å². The molecule has 0 aliphatic rings. The summed E-state index contributed by atoms with van der Waals surface area (Å²) in [5.74, 6) is 0.810. The lowest BCUT2D eigenvalue weighted by Crippen LogP contribution is -2.37. The third-order valence-electron chi connectivity index (χ3n) is 1.90. The van der Waals surface area contributed by atoms with Gasteiger partial charge in [-0.15, -0.1) is 6.58 Å². The Morgan fingerprint density at radius 2 is 1.81 bits per heavy atom. The molecule has 3 heteroatoms. The highest BCUT2D eigenvalue weighted by Gasteiger charge is 2.13. The molecule has 0 aromatic rings. The third kappa shape index (κ3) is 5.69. The first-order valence-electron chi connectivity index (χ1n) is 5.85. The first kappa shape index (κ1) is 14.9. The molecule has 0 aliphatic carbocycles. The molecule has 3 nitrogen and oxygen atoms in total. The highest BCUT2D eigenvalue weighted by Crippen LogP contribution is 2.04. The topological polar surface area (TPSA) is 28.0 Å². The van der Waals surface area contributed by atoms with Gasteiger partial charge in [0, 0.05) is 24.3 Å². The summed E-state index contributed by atoms with van der Waals surface area (Å²) in [5, 5.41) is 0. The van der Waals surface area contributed by atoms with Crippen molar-refractivity contribution < 1.29 is 0 Å². The van der Waals surface area contributed by atoms with E-state index in [0.717, 1.165) is 18.2 Å². The van der Waals surface area contributed by atoms with E-state index in [1.54, 1.807) is 0 Å². The second-order valence-electron chi connectivity index (χ2n) is 4.62. The summed E-state index contributed by atoms with van der Waals surface area (Å²) in [7, 11) is 0. The number of aliphatic imine (C=N–C) groups is 2. The maximum absolute atomic E-state index is 4.56. The molecule has 0 amide bonds. The first-order chi connectivity index (χ1) is 7.38. The molecule has 0 bridgehead atoms. The van der Waals surface area contributed by atoms with Crippen molar-refractivity contribution >= 4 is 11.7 Å². The first-order valence-corrected chi connectivity index (χ1v) is 5.85. The van der Waals surface area contributed by atoms with E-state index in [-0.39, 0.29) is 6.04 Å². The van der Waals surface area contributed by atoms with E-state index in [1.165, 1.54) is 0 Å². The molecule has 0 fully saturated rings. The van der Waals surface area contributed by atoms with Crippen molar-refractivity contribution in [2.45, 2.75) is 53.6 Å². The highest BCUT2D eigenvalue weighted by atomic mass is 15.3. The van der Waals surface area contributed by atoms with Crippen molar-refractivity contribution in [1.29, 1.82) is 0 Å².